The summed E-state index contributed by atoms with van der Waals surface area (Å²) in [6.07, 6.45) is 5.99. The summed E-state index contributed by atoms with van der Waals surface area (Å²) in [6.45, 7) is 1.76. The van der Waals surface area contributed by atoms with E-state index in [9.17, 15) is 4.79 Å². The molecule has 4 heteroatoms. The molecule has 68 valence electrons. The standard InChI is InChI=1S/C9H7Br2NO/c1-6(5-13)2-7-8(10)3-12-4-9(7)11/h2-5H,1H3/b6-2+. The van der Waals surface area contributed by atoms with E-state index in [0.717, 1.165) is 20.8 Å². The van der Waals surface area contributed by atoms with Gasteiger partial charge in [-0.15, -0.1) is 0 Å². The summed E-state index contributed by atoms with van der Waals surface area (Å²) in [5.41, 5.74) is 1.60. The molecule has 0 amide bonds. The molecule has 0 fully saturated rings. The van der Waals surface area contributed by atoms with Crippen LogP contribution in [0.1, 0.15) is 12.5 Å². The molecule has 0 aliphatic heterocycles. The van der Waals surface area contributed by atoms with Gasteiger partial charge in [-0.05, 0) is 50.4 Å². The van der Waals surface area contributed by atoms with E-state index in [0.29, 0.717) is 5.57 Å². The number of hydrogen-bond acceptors (Lipinski definition) is 2. The number of carbonyl (C=O) groups is 1. The number of halogens is 2. The van der Waals surface area contributed by atoms with Crippen LogP contribution in [-0.4, -0.2) is 11.3 Å². The van der Waals surface area contributed by atoms with Crippen molar-refractivity contribution >= 4 is 44.2 Å². The van der Waals surface area contributed by atoms with Crippen LogP contribution in [-0.2, 0) is 4.79 Å². The van der Waals surface area contributed by atoms with Crippen molar-refractivity contribution in [3.05, 3.63) is 32.5 Å². The Balaban J connectivity index is 3.21. The first-order valence-electron chi connectivity index (χ1n) is 3.57. The van der Waals surface area contributed by atoms with Crippen LogP contribution in [0.25, 0.3) is 6.08 Å². The summed E-state index contributed by atoms with van der Waals surface area (Å²) < 4.78 is 1.73. The fraction of sp³-hybridized carbons (Fsp3) is 0.111. The third-order valence-electron chi connectivity index (χ3n) is 1.45. The average molecular weight is 305 g/mol. The van der Waals surface area contributed by atoms with E-state index in [1.165, 1.54) is 0 Å². The quantitative estimate of drug-likeness (QED) is 0.620. The number of aromatic nitrogens is 1. The van der Waals surface area contributed by atoms with Crippen LogP contribution in [0.15, 0.2) is 26.9 Å². The summed E-state index contributed by atoms with van der Waals surface area (Å²) in [5.74, 6) is 0. The summed E-state index contributed by atoms with van der Waals surface area (Å²) in [7, 11) is 0. The lowest BCUT2D eigenvalue weighted by Gasteiger charge is -2.00. The molecule has 2 nitrogen and oxygen atoms in total. The SMILES string of the molecule is C/C(C=O)=C\c1c(Br)cncc1Br. The van der Waals surface area contributed by atoms with Gasteiger partial charge in [0.1, 0.15) is 6.29 Å². The van der Waals surface area contributed by atoms with E-state index >= 15 is 0 Å². The van der Waals surface area contributed by atoms with Gasteiger partial charge in [0.15, 0.2) is 0 Å². The number of hydrogen-bond donors (Lipinski definition) is 0. The van der Waals surface area contributed by atoms with E-state index in [1.807, 2.05) is 0 Å². The van der Waals surface area contributed by atoms with Crippen LogP contribution in [0.2, 0.25) is 0 Å². The molecular formula is C9H7Br2NO. The van der Waals surface area contributed by atoms with Crippen molar-refractivity contribution in [1.29, 1.82) is 0 Å². The average Bonchev–Trinajstić information content (AvgIpc) is 2.11. The minimum absolute atomic E-state index is 0.674. The topological polar surface area (TPSA) is 30.0 Å². The zero-order chi connectivity index (χ0) is 9.84. The summed E-state index contributed by atoms with van der Waals surface area (Å²) in [4.78, 5) is 14.4. The lowest BCUT2D eigenvalue weighted by atomic mass is 10.2. The fourth-order valence-corrected chi connectivity index (χ4v) is 1.98. The molecule has 0 N–H and O–H groups in total. The lowest BCUT2D eigenvalue weighted by molar-refractivity contribution is -0.104. The minimum Gasteiger partial charge on any atom is -0.298 e. The second kappa shape index (κ2) is 4.67. The Morgan fingerprint density at radius 1 is 1.38 bits per heavy atom. The Bertz CT molecular complexity index is 340. The first kappa shape index (κ1) is 10.6. The van der Waals surface area contributed by atoms with Crippen LogP contribution in [0, 0.1) is 0 Å². The van der Waals surface area contributed by atoms with Crippen molar-refractivity contribution in [3.63, 3.8) is 0 Å². The van der Waals surface area contributed by atoms with Crippen molar-refractivity contribution in [2.24, 2.45) is 0 Å². The molecule has 0 aliphatic carbocycles. The number of rotatable bonds is 2. The predicted octanol–water partition coefficient (Wildman–Crippen LogP) is 3.21. The predicted molar refractivity (Wildman–Crippen MR) is 59.4 cm³/mol. The largest absolute Gasteiger partial charge is 0.298 e. The van der Waals surface area contributed by atoms with Crippen molar-refractivity contribution in [2.75, 3.05) is 0 Å². The Morgan fingerprint density at radius 3 is 2.38 bits per heavy atom. The highest BCUT2D eigenvalue weighted by Crippen LogP contribution is 2.25. The van der Waals surface area contributed by atoms with Crippen molar-refractivity contribution in [1.82, 2.24) is 4.98 Å². The molecule has 0 saturated carbocycles. The van der Waals surface area contributed by atoms with Crippen LogP contribution in [0.3, 0.4) is 0 Å². The van der Waals surface area contributed by atoms with Crippen molar-refractivity contribution in [2.45, 2.75) is 6.92 Å². The summed E-state index contributed by atoms with van der Waals surface area (Å²) >= 11 is 6.70. The number of allylic oxidation sites excluding steroid dienone is 1. The first-order valence-corrected chi connectivity index (χ1v) is 5.16. The Hall–Kier alpha value is -0.480. The zero-order valence-corrected chi connectivity index (χ0v) is 10.1. The molecule has 0 radical (unpaired) electrons. The first-order chi connectivity index (χ1) is 6.15. The van der Waals surface area contributed by atoms with Crippen LogP contribution in [0.5, 0.6) is 0 Å². The highest BCUT2D eigenvalue weighted by molar-refractivity contribution is 9.11. The molecule has 1 aromatic rings. The second-order valence-corrected chi connectivity index (χ2v) is 4.23. The molecule has 0 spiro atoms. The van der Waals surface area contributed by atoms with Crippen LogP contribution < -0.4 is 0 Å². The minimum atomic E-state index is 0.674. The Morgan fingerprint density at radius 2 is 1.92 bits per heavy atom. The molecule has 1 heterocycles. The van der Waals surface area contributed by atoms with Gasteiger partial charge in [-0.3, -0.25) is 9.78 Å². The van der Waals surface area contributed by atoms with Gasteiger partial charge < -0.3 is 0 Å². The highest BCUT2D eigenvalue weighted by Gasteiger charge is 2.02. The number of pyridine rings is 1. The van der Waals surface area contributed by atoms with E-state index in [-0.39, 0.29) is 0 Å². The van der Waals surface area contributed by atoms with Crippen LogP contribution in [0.4, 0.5) is 0 Å². The number of carbonyl (C=O) groups excluding carboxylic acids is 1. The summed E-state index contributed by atoms with van der Waals surface area (Å²) in [5, 5.41) is 0. The molecule has 0 unspecified atom stereocenters. The van der Waals surface area contributed by atoms with Gasteiger partial charge in [0.25, 0.3) is 0 Å². The van der Waals surface area contributed by atoms with Gasteiger partial charge in [0.2, 0.25) is 0 Å². The van der Waals surface area contributed by atoms with Gasteiger partial charge in [0.05, 0.1) is 0 Å². The summed E-state index contributed by atoms with van der Waals surface area (Å²) in [6, 6.07) is 0. The fourth-order valence-electron chi connectivity index (χ4n) is 0.821. The lowest BCUT2D eigenvalue weighted by Crippen LogP contribution is -1.84. The normalized spacial score (nSPS) is 11.5. The van der Waals surface area contributed by atoms with E-state index in [4.69, 9.17) is 0 Å². The molecule has 0 aliphatic rings. The second-order valence-electron chi connectivity index (χ2n) is 2.52. The zero-order valence-electron chi connectivity index (χ0n) is 6.92. The monoisotopic (exact) mass is 303 g/mol. The molecule has 1 rings (SSSR count). The van der Waals surface area contributed by atoms with Crippen LogP contribution >= 0.6 is 31.9 Å². The van der Waals surface area contributed by atoms with Gasteiger partial charge in [0, 0.05) is 26.9 Å². The number of aldehydes is 1. The smallest absolute Gasteiger partial charge is 0.145 e. The third-order valence-corrected chi connectivity index (χ3v) is 2.71. The van der Waals surface area contributed by atoms with Gasteiger partial charge in [-0.2, -0.15) is 0 Å². The van der Waals surface area contributed by atoms with Crippen molar-refractivity contribution < 1.29 is 4.79 Å². The maximum absolute atomic E-state index is 10.4. The van der Waals surface area contributed by atoms with Gasteiger partial charge >= 0.3 is 0 Å². The molecule has 0 saturated heterocycles. The maximum atomic E-state index is 10.4. The molecule has 0 atom stereocenters. The van der Waals surface area contributed by atoms with E-state index in [1.54, 1.807) is 25.4 Å². The molecule has 1 aromatic heterocycles. The third kappa shape index (κ3) is 2.74. The molecule has 0 bridgehead atoms. The Kier molecular flexibility index (Phi) is 3.81. The molecular weight excluding hydrogens is 298 g/mol. The highest BCUT2D eigenvalue weighted by atomic mass is 79.9. The van der Waals surface area contributed by atoms with E-state index < -0.39 is 0 Å². The number of nitrogens with zero attached hydrogens (tertiary/aromatic N) is 1. The molecule has 13 heavy (non-hydrogen) atoms. The Labute approximate surface area is 93.3 Å². The van der Waals surface area contributed by atoms with Crippen molar-refractivity contribution in [3.8, 4) is 0 Å². The van der Waals surface area contributed by atoms with Gasteiger partial charge in [-0.1, -0.05) is 0 Å². The molecule has 0 aromatic carbocycles. The maximum Gasteiger partial charge on any atom is 0.145 e. The van der Waals surface area contributed by atoms with Gasteiger partial charge in [-0.25, -0.2) is 0 Å². The van der Waals surface area contributed by atoms with E-state index in [2.05, 4.69) is 36.8 Å².